The Morgan fingerprint density at radius 2 is 1.05 bits per heavy atom. The Hall–Kier alpha value is -1.58. The van der Waals surface area contributed by atoms with Gasteiger partial charge in [-0.1, -0.05) is 0 Å². The number of carbonyl (C=O) groups is 4. The van der Waals surface area contributed by atoms with Gasteiger partial charge in [-0.15, -0.1) is 0 Å². The first kappa shape index (κ1) is 22.6. The molecule has 0 aromatic rings. The minimum atomic E-state index is -1.49. The largest absolute Gasteiger partial charge is 2.00 e. The van der Waals surface area contributed by atoms with E-state index in [0.717, 1.165) is 0 Å². The zero-order valence-corrected chi connectivity index (χ0v) is 12.7. The van der Waals surface area contributed by atoms with Gasteiger partial charge in [0.25, 0.3) is 0 Å². The molecule has 104 valence electrons. The molecule has 0 radical (unpaired) electrons. The van der Waals surface area contributed by atoms with Crippen LogP contribution in [-0.4, -0.2) is 60.5 Å². The predicted octanol–water partition coefficient (Wildman–Crippen LogP) is -5.46. The van der Waals surface area contributed by atoms with Crippen LogP contribution in [-0.2, 0) is 48.1 Å². The van der Waals surface area contributed by atoms with Crippen LogP contribution in [0.25, 0.3) is 0 Å². The smallest absolute Gasteiger partial charge is 0.546 e. The number of aliphatic carboxylic acids is 2. The molecule has 0 rings (SSSR count). The topological polar surface area (TPSA) is 173 Å². The first-order valence-corrected chi connectivity index (χ1v) is 4.26. The maximum Gasteiger partial charge on any atom is 2.00 e. The molecule has 2 N–H and O–H groups in total. The number of carboxylic acid groups (broad SMARTS) is 2. The fourth-order valence-corrected chi connectivity index (χ4v) is 0.370. The summed E-state index contributed by atoms with van der Waals surface area (Å²) in [6, 6.07) is 0. The molecule has 19 heavy (non-hydrogen) atoms. The Morgan fingerprint density at radius 3 is 1.21 bits per heavy atom. The first-order valence-electron chi connectivity index (χ1n) is 4.26. The maximum atomic E-state index is 9.95. The average Bonchev–Trinajstić information content (AvgIpc) is 2.33. The predicted molar refractivity (Wildman–Crippen MR) is 46.1 cm³/mol. The normalized spacial score (nSPS) is 8.11. The van der Waals surface area contributed by atoms with Crippen molar-refractivity contribution in [2.24, 2.45) is 0 Å². The summed E-state index contributed by atoms with van der Waals surface area (Å²) >= 11 is 0. The summed E-state index contributed by atoms with van der Waals surface area (Å²) in [5.74, 6) is -4.92. The monoisotopic (exact) mass is 330 g/mol. The van der Waals surface area contributed by atoms with Crippen LogP contribution in [0.3, 0.4) is 0 Å². The number of esters is 2. The third kappa shape index (κ3) is 22.1. The molecular weight excluding hydrogens is 321 g/mol. The van der Waals surface area contributed by atoms with E-state index in [1.165, 1.54) is 0 Å². The van der Waals surface area contributed by atoms with E-state index in [0.29, 0.717) is 0 Å². The summed E-state index contributed by atoms with van der Waals surface area (Å²) in [6.07, 6.45) is 0. The molecule has 0 bridgehead atoms. The van der Waals surface area contributed by atoms with Gasteiger partial charge >= 0.3 is 31.4 Å². The van der Waals surface area contributed by atoms with Crippen LogP contribution >= 0.6 is 0 Å². The van der Waals surface area contributed by atoms with Crippen LogP contribution in [0.4, 0.5) is 0 Å². The van der Waals surface area contributed by atoms with Crippen LogP contribution in [0.1, 0.15) is 0 Å². The molecule has 0 saturated carbocycles. The Bertz CT molecular complexity index is 272. The molecule has 11 heteroatoms. The fourth-order valence-electron chi connectivity index (χ4n) is 0.370. The molecule has 0 amide bonds. The summed E-state index contributed by atoms with van der Waals surface area (Å²) in [4.78, 5) is 39.0. The van der Waals surface area contributed by atoms with Crippen LogP contribution in [0.2, 0.25) is 0 Å². The molecule has 10 nitrogen and oxygen atoms in total. The van der Waals surface area contributed by atoms with E-state index >= 15 is 0 Å². The Morgan fingerprint density at radius 1 is 0.789 bits per heavy atom. The molecular formula is C8H10O10Zn. The number of hydrogen-bond donors (Lipinski definition) is 2. The van der Waals surface area contributed by atoms with Gasteiger partial charge in [0.2, 0.25) is 0 Å². The van der Waals surface area contributed by atoms with Gasteiger partial charge in [0.1, 0.15) is 26.4 Å². The van der Waals surface area contributed by atoms with Gasteiger partial charge in [-0.2, -0.15) is 0 Å². The van der Waals surface area contributed by atoms with Crippen LogP contribution in [0.5, 0.6) is 0 Å². The number of carboxylic acids is 2. The van der Waals surface area contributed by atoms with Crippen LogP contribution in [0, 0.1) is 0 Å². The van der Waals surface area contributed by atoms with Crippen molar-refractivity contribution in [3.63, 3.8) is 0 Å². The second-order valence-electron chi connectivity index (χ2n) is 2.38. The van der Waals surface area contributed by atoms with Crippen LogP contribution in [0.15, 0.2) is 0 Å². The third-order valence-corrected chi connectivity index (χ3v) is 0.960. The number of carbonyl (C=O) groups excluding carboxylic acids is 4. The summed E-state index contributed by atoms with van der Waals surface area (Å²) < 4.78 is 7.80. The SMILES string of the molecule is O=C([O-])COC(=O)CO.O=C([O-])COC(=O)CO.[Zn+2]. The molecule has 0 aliphatic heterocycles. The second kappa shape index (κ2) is 14.5. The van der Waals surface area contributed by atoms with E-state index in [9.17, 15) is 29.4 Å². The standard InChI is InChI=1S/2C4H6O5.Zn/c2*5-1-4(8)9-2-3(6)7;/h2*5H,1-2H2,(H,6,7);/q;;+2/p-2. The first-order chi connectivity index (χ1) is 8.33. The molecule has 0 aliphatic rings. The Labute approximate surface area is 119 Å². The van der Waals surface area contributed by atoms with Gasteiger partial charge in [-0.05, 0) is 0 Å². The zero-order chi connectivity index (χ0) is 14.6. The van der Waals surface area contributed by atoms with E-state index in [2.05, 4.69) is 9.47 Å². The van der Waals surface area contributed by atoms with E-state index < -0.39 is 50.3 Å². The molecule has 0 unspecified atom stereocenters. The van der Waals surface area contributed by atoms with Crippen molar-refractivity contribution in [2.75, 3.05) is 26.4 Å². The number of aliphatic hydroxyl groups excluding tert-OH is 2. The number of aliphatic hydroxyl groups is 2. The molecule has 0 atom stereocenters. The fraction of sp³-hybridized carbons (Fsp3) is 0.500. The van der Waals surface area contributed by atoms with Gasteiger partial charge < -0.3 is 39.5 Å². The maximum absolute atomic E-state index is 9.95. The van der Waals surface area contributed by atoms with Gasteiger partial charge in [-0.3, -0.25) is 0 Å². The second-order valence-corrected chi connectivity index (χ2v) is 2.38. The van der Waals surface area contributed by atoms with Crippen molar-refractivity contribution in [2.45, 2.75) is 0 Å². The van der Waals surface area contributed by atoms with Crippen LogP contribution < -0.4 is 10.2 Å². The van der Waals surface area contributed by atoms with Crippen molar-refractivity contribution in [1.29, 1.82) is 0 Å². The van der Waals surface area contributed by atoms with Gasteiger partial charge in [0, 0.05) is 0 Å². The number of hydrogen-bond acceptors (Lipinski definition) is 10. The average molecular weight is 332 g/mol. The Balaban J connectivity index is -0.000000256. The van der Waals surface area contributed by atoms with E-state index in [-0.39, 0.29) is 19.5 Å². The van der Waals surface area contributed by atoms with E-state index in [1.54, 1.807) is 0 Å². The van der Waals surface area contributed by atoms with E-state index in [4.69, 9.17) is 10.2 Å². The molecule has 0 heterocycles. The van der Waals surface area contributed by atoms with Gasteiger partial charge in [0.05, 0.1) is 11.9 Å². The summed E-state index contributed by atoms with van der Waals surface area (Å²) in [7, 11) is 0. The minimum absolute atomic E-state index is 0. The van der Waals surface area contributed by atoms with Crippen molar-refractivity contribution < 1.29 is 68.6 Å². The Kier molecular flexibility index (Phi) is 17.2. The van der Waals surface area contributed by atoms with Crippen molar-refractivity contribution >= 4 is 23.9 Å². The molecule has 0 aliphatic carbocycles. The molecule has 0 saturated heterocycles. The van der Waals surface area contributed by atoms with Crippen molar-refractivity contribution in [1.82, 2.24) is 0 Å². The molecule has 0 spiro atoms. The molecule has 0 fully saturated rings. The quantitative estimate of drug-likeness (QED) is 0.353. The minimum Gasteiger partial charge on any atom is -0.546 e. The van der Waals surface area contributed by atoms with Crippen molar-refractivity contribution in [3.05, 3.63) is 0 Å². The third-order valence-electron chi connectivity index (χ3n) is 0.960. The molecule has 0 aromatic heterocycles. The molecule has 0 aromatic carbocycles. The summed E-state index contributed by atoms with van der Waals surface area (Å²) in [6.45, 7) is -3.24. The van der Waals surface area contributed by atoms with Gasteiger partial charge in [-0.25, -0.2) is 9.59 Å². The van der Waals surface area contributed by atoms with Gasteiger partial charge in [0.15, 0.2) is 0 Å². The van der Waals surface area contributed by atoms with E-state index in [1.807, 2.05) is 0 Å². The summed E-state index contributed by atoms with van der Waals surface area (Å²) in [5, 5.41) is 35.0. The number of rotatable bonds is 6. The summed E-state index contributed by atoms with van der Waals surface area (Å²) in [5.41, 5.74) is 0. The zero-order valence-electron chi connectivity index (χ0n) is 9.70. The number of ether oxygens (including phenoxy) is 2. The van der Waals surface area contributed by atoms with Crippen molar-refractivity contribution in [3.8, 4) is 0 Å².